The molecule has 1 atom stereocenters. The van der Waals surface area contributed by atoms with Crippen molar-refractivity contribution >= 4 is 21.8 Å². The minimum atomic E-state index is -3.77. The predicted molar refractivity (Wildman–Crippen MR) is 112 cm³/mol. The van der Waals surface area contributed by atoms with Gasteiger partial charge in [-0.3, -0.25) is 14.6 Å². The average molecular weight is 449 g/mol. The van der Waals surface area contributed by atoms with Gasteiger partial charge in [-0.05, 0) is 55.7 Å². The van der Waals surface area contributed by atoms with Crippen LogP contribution in [0.15, 0.2) is 53.6 Å². The molecule has 1 fully saturated rings. The molecule has 3 rings (SSSR count). The summed E-state index contributed by atoms with van der Waals surface area (Å²) in [6.45, 7) is 0.665. The number of benzene rings is 1. The molecule has 1 aliphatic heterocycles. The van der Waals surface area contributed by atoms with Crippen LogP contribution in [0.4, 0.5) is 4.39 Å². The van der Waals surface area contributed by atoms with Gasteiger partial charge in [0.25, 0.3) is 0 Å². The van der Waals surface area contributed by atoms with Crippen molar-refractivity contribution in [3.05, 3.63) is 60.2 Å². The van der Waals surface area contributed by atoms with Crippen LogP contribution in [0, 0.1) is 5.82 Å². The first-order valence-corrected chi connectivity index (χ1v) is 11.6. The van der Waals surface area contributed by atoms with Crippen LogP contribution in [-0.4, -0.2) is 48.7 Å². The molecule has 1 saturated heterocycles. The van der Waals surface area contributed by atoms with Gasteiger partial charge in [-0.15, -0.1) is 0 Å². The van der Waals surface area contributed by atoms with Crippen molar-refractivity contribution in [2.45, 2.75) is 43.2 Å². The van der Waals surface area contributed by atoms with E-state index < -0.39 is 27.7 Å². The normalized spacial score (nSPS) is 17.1. The molecule has 0 aliphatic carbocycles. The van der Waals surface area contributed by atoms with Gasteiger partial charge in [-0.2, -0.15) is 4.31 Å². The lowest BCUT2D eigenvalue weighted by Gasteiger charge is -2.34. The molecule has 10 heteroatoms. The van der Waals surface area contributed by atoms with Crippen LogP contribution in [0.25, 0.3) is 0 Å². The standard InChI is InChI=1S/C21H25FN4O4S/c22-16-7-9-19(10-8-16)31(29,30)26-14-4-2-6-18(26)11-13-24-20(27)21(28)25-15-17-5-1-3-12-23-17/h1,3,5,7-10,12,18H,2,4,6,11,13-15H2,(H,24,27)(H,25,28)/t18-/m0/s1. The number of nitrogens with zero attached hydrogens (tertiary/aromatic N) is 2. The summed E-state index contributed by atoms with van der Waals surface area (Å²) in [6, 6.07) is 9.71. The van der Waals surface area contributed by atoms with Crippen LogP contribution in [0.1, 0.15) is 31.4 Å². The highest BCUT2D eigenvalue weighted by Crippen LogP contribution is 2.27. The fourth-order valence-corrected chi connectivity index (χ4v) is 5.23. The van der Waals surface area contributed by atoms with Crippen molar-refractivity contribution in [1.29, 1.82) is 0 Å². The van der Waals surface area contributed by atoms with Crippen molar-refractivity contribution in [1.82, 2.24) is 19.9 Å². The van der Waals surface area contributed by atoms with E-state index in [1.54, 1.807) is 24.4 Å². The summed E-state index contributed by atoms with van der Waals surface area (Å²) < 4.78 is 40.5. The molecule has 0 bridgehead atoms. The maximum atomic E-state index is 13.2. The van der Waals surface area contributed by atoms with Gasteiger partial charge in [0.05, 0.1) is 17.1 Å². The van der Waals surface area contributed by atoms with Gasteiger partial charge in [-0.1, -0.05) is 12.5 Å². The zero-order chi connectivity index (χ0) is 22.3. The molecule has 0 unspecified atom stereocenters. The fourth-order valence-electron chi connectivity index (χ4n) is 3.51. The van der Waals surface area contributed by atoms with Gasteiger partial charge in [-0.25, -0.2) is 12.8 Å². The van der Waals surface area contributed by atoms with Crippen LogP contribution in [-0.2, 0) is 26.2 Å². The quantitative estimate of drug-likeness (QED) is 0.626. The Morgan fingerprint density at radius 2 is 1.81 bits per heavy atom. The molecule has 2 N–H and O–H groups in total. The SMILES string of the molecule is O=C(NCC[C@@H]1CCCCN1S(=O)(=O)c1ccc(F)cc1)C(=O)NCc1ccccn1. The van der Waals surface area contributed by atoms with Crippen LogP contribution < -0.4 is 10.6 Å². The van der Waals surface area contributed by atoms with E-state index in [0.717, 1.165) is 25.0 Å². The lowest BCUT2D eigenvalue weighted by molar-refractivity contribution is -0.139. The number of amides is 2. The first-order valence-electron chi connectivity index (χ1n) is 10.1. The molecule has 166 valence electrons. The Labute approximate surface area is 180 Å². The molecule has 0 spiro atoms. The maximum absolute atomic E-state index is 13.2. The van der Waals surface area contributed by atoms with E-state index in [9.17, 15) is 22.4 Å². The third-order valence-electron chi connectivity index (χ3n) is 5.12. The number of halogens is 1. The Morgan fingerprint density at radius 3 is 2.52 bits per heavy atom. The Bertz CT molecular complexity index is 1000. The molecular weight excluding hydrogens is 423 g/mol. The summed E-state index contributed by atoms with van der Waals surface area (Å²) in [4.78, 5) is 28.1. The van der Waals surface area contributed by atoms with Gasteiger partial charge in [0.2, 0.25) is 10.0 Å². The summed E-state index contributed by atoms with van der Waals surface area (Å²) in [7, 11) is -3.77. The summed E-state index contributed by atoms with van der Waals surface area (Å²) in [5.41, 5.74) is 0.632. The van der Waals surface area contributed by atoms with Gasteiger partial charge in [0.1, 0.15) is 5.82 Å². The molecular formula is C21H25FN4O4S. The van der Waals surface area contributed by atoms with Crippen molar-refractivity contribution in [2.75, 3.05) is 13.1 Å². The molecule has 31 heavy (non-hydrogen) atoms. The van der Waals surface area contributed by atoms with E-state index in [2.05, 4.69) is 15.6 Å². The van der Waals surface area contributed by atoms with Crippen molar-refractivity contribution in [3.63, 3.8) is 0 Å². The van der Waals surface area contributed by atoms with Gasteiger partial charge in [0.15, 0.2) is 0 Å². The molecule has 0 radical (unpaired) electrons. The number of pyridine rings is 1. The zero-order valence-electron chi connectivity index (χ0n) is 17.0. The van der Waals surface area contributed by atoms with Crippen molar-refractivity contribution in [3.8, 4) is 0 Å². The molecule has 2 heterocycles. The lowest BCUT2D eigenvalue weighted by atomic mass is 10.0. The van der Waals surface area contributed by atoms with Crippen LogP contribution in [0.2, 0.25) is 0 Å². The van der Waals surface area contributed by atoms with Gasteiger partial charge in [0, 0.05) is 25.3 Å². The highest BCUT2D eigenvalue weighted by molar-refractivity contribution is 7.89. The number of hydrogen-bond donors (Lipinski definition) is 2. The van der Waals surface area contributed by atoms with Gasteiger partial charge >= 0.3 is 11.8 Å². The minimum absolute atomic E-state index is 0.0405. The van der Waals surface area contributed by atoms with Gasteiger partial charge < -0.3 is 10.6 Å². The topological polar surface area (TPSA) is 108 Å². The number of rotatable bonds is 7. The number of piperidine rings is 1. The number of aromatic nitrogens is 1. The number of sulfonamides is 1. The van der Waals surface area contributed by atoms with Crippen LogP contribution in [0.5, 0.6) is 0 Å². The summed E-state index contributed by atoms with van der Waals surface area (Å²) in [6.07, 6.45) is 4.23. The molecule has 1 aromatic carbocycles. The second-order valence-electron chi connectivity index (χ2n) is 7.27. The molecule has 1 aromatic heterocycles. The fraction of sp³-hybridized carbons (Fsp3) is 0.381. The minimum Gasteiger partial charge on any atom is -0.348 e. The number of hydrogen-bond acceptors (Lipinski definition) is 5. The average Bonchev–Trinajstić information content (AvgIpc) is 2.78. The monoisotopic (exact) mass is 448 g/mol. The van der Waals surface area contributed by atoms with E-state index in [0.29, 0.717) is 25.1 Å². The number of carbonyl (C=O) groups is 2. The highest BCUT2D eigenvalue weighted by Gasteiger charge is 2.33. The van der Waals surface area contributed by atoms with E-state index in [4.69, 9.17) is 0 Å². The second kappa shape index (κ2) is 10.5. The molecule has 2 amide bonds. The van der Waals surface area contributed by atoms with E-state index >= 15 is 0 Å². The Morgan fingerprint density at radius 1 is 1.06 bits per heavy atom. The number of carbonyl (C=O) groups excluding carboxylic acids is 2. The van der Waals surface area contributed by atoms with E-state index in [-0.39, 0.29) is 24.0 Å². The summed E-state index contributed by atoms with van der Waals surface area (Å²) >= 11 is 0. The molecule has 0 saturated carbocycles. The number of nitrogens with one attached hydrogen (secondary N) is 2. The molecule has 2 aromatic rings. The predicted octanol–water partition coefficient (Wildman–Crippen LogP) is 1.59. The second-order valence-corrected chi connectivity index (χ2v) is 9.16. The molecule has 1 aliphatic rings. The highest BCUT2D eigenvalue weighted by atomic mass is 32.2. The lowest BCUT2D eigenvalue weighted by Crippen LogP contribution is -2.46. The third kappa shape index (κ3) is 6.08. The van der Waals surface area contributed by atoms with E-state index in [1.807, 2.05) is 0 Å². The molecule has 8 nitrogen and oxygen atoms in total. The zero-order valence-corrected chi connectivity index (χ0v) is 17.8. The summed E-state index contributed by atoms with van der Waals surface area (Å²) in [5, 5.41) is 5.04. The maximum Gasteiger partial charge on any atom is 0.309 e. The first-order chi connectivity index (χ1) is 14.9. The Kier molecular flexibility index (Phi) is 7.69. The van der Waals surface area contributed by atoms with Crippen LogP contribution >= 0.6 is 0 Å². The third-order valence-corrected chi connectivity index (χ3v) is 7.08. The Hall–Kier alpha value is -2.85. The smallest absolute Gasteiger partial charge is 0.309 e. The summed E-state index contributed by atoms with van der Waals surface area (Å²) in [5.74, 6) is -2.05. The first kappa shape index (κ1) is 22.8. The van der Waals surface area contributed by atoms with E-state index in [1.165, 1.54) is 16.4 Å². The van der Waals surface area contributed by atoms with Crippen LogP contribution in [0.3, 0.4) is 0 Å². The largest absolute Gasteiger partial charge is 0.348 e. The van der Waals surface area contributed by atoms with Crippen molar-refractivity contribution in [2.24, 2.45) is 0 Å². The van der Waals surface area contributed by atoms with Crippen molar-refractivity contribution < 1.29 is 22.4 Å². The Balaban J connectivity index is 1.52.